The van der Waals surface area contributed by atoms with E-state index in [-0.39, 0.29) is 11.3 Å². The van der Waals surface area contributed by atoms with Crippen molar-refractivity contribution < 1.29 is 13.9 Å². The fraction of sp³-hybridized carbons (Fsp3) is 0.111. The van der Waals surface area contributed by atoms with E-state index < -0.39 is 17.8 Å². The standard InChI is InChI=1S/C27H20Cl2FN5O2/c1-13-6-22-18(9-23(13)37-14(2)24-19(28)11-32-12-20(24)29)25(35-34-22)17-8-21(30)26(33-10-17)15-4-3-5-16(7-15)27(31)36/h3-12,14H,1-2H3,(H2,31,36)(H,34,35)/t14-/m1/s1. The van der Waals surface area contributed by atoms with Crippen LogP contribution in [0.5, 0.6) is 5.75 Å². The largest absolute Gasteiger partial charge is 0.486 e. The molecule has 0 bridgehead atoms. The Kier molecular flexibility index (Phi) is 6.54. The second kappa shape index (κ2) is 9.80. The lowest BCUT2D eigenvalue weighted by atomic mass is 10.0. The molecule has 0 aliphatic heterocycles. The van der Waals surface area contributed by atoms with Gasteiger partial charge in [-0.2, -0.15) is 5.10 Å². The molecule has 1 amide bonds. The maximum atomic E-state index is 15.2. The van der Waals surface area contributed by atoms with Gasteiger partial charge in [0, 0.05) is 46.2 Å². The summed E-state index contributed by atoms with van der Waals surface area (Å²) in [7, 11) is 0. The molecule has 0 aliphatic rings. The zero-order valence-electron chi connectivity index (χ0n) is 19.7. The molecule has 5 aromatic rings. The van der Waals surface area contributed by atoms with Crippen LogP contribution in [0.2, 0.25) is 10.0 Å². The number of primary amides is 1. The molecule has 10 heteroatoms. The number of H-pyrrole nitrogens is 1. The number of nitrogens with two attached hydrogens (primary N) is 1. The predicted octanol–water partition coefficient (Wildman–Crippen LogP) is 6.68. The Labute approximate surface area is 221 Å². The van der Waals surface area contributed by atoms with Gasteiger partial charge < -0.3 is 10.5 Å². The quantitative estimate of drug-likeness (QED) is 0.252. The number of halogens is 3. The van der Waals surface area contributed by atoms with Crippen LogP contribution in [0.15, 0.2) is 61.1 Å². The highest BCUT2D eigenvalue weighted by Crippen LogP contribution is 2.37. The number of aromatic amines is 1. The van der Waals surface area contributed by atoms with Gasteiger partial charge >= 0.3 is 0 Å². The van der Waals surface area contributed by atoms with Gasteiger partial charge in [0.15, 0.2) is 0 Å². The lowest BCUT2D eigenvalue weighted by Gasteiger charge is -2.19. The minimum absolute atomic E-state index is 0.103. The monoisotopic (exact) mass is 535 g/mol. The minimum Gasteiger partial charge on any atom is -0.486 e. The first-order valence-corrected chi connectivity index (χ1v) is 12.0. The topological polar surface area (TPSA) is 107 Å². The third-order valence-corrected chi connectivity index (χ3v) is 6.60. The van der Waals surface area contributed by atoms with Gasteiger partial charge in [-0.3, -0.25) is 19.9 Å². The van der Waals surface area contributed by atoms with Gasteiger partial charge in [-0.15, -0.1) is 0 Å². The first kappa shape index (κ1) is 24.7. The molecule has 37 heavy (non-hydrogen) atoms. The fourth-order valence-corrected chi connectivity index (χ4v) is 4.83. The van der Waals surface area contributed by atoms with Crippen LogP contribution in [0.1, 0.15) is 34.5 Å². The van der Waals surface area contributed by atoms with Crippen molar-refractivity contribution in [3.8, 4) is 28.3 Å². The second-order valence-electron chi connectivity index (χ2n) is 8.51. The highest BCUT2D eigenvalue weighted by Gasteiger charge is 2.19. The SMILES string of the molecule is Cc1cc2[nH]nc(-c3cnc(-c4cccc(C(N)=O)c4)c(F)c3)c2cc1O[C@H](C)c1c(Cl)cncc1Cl. The minimum atomic E-state index is -0.599. The number of pyridine rings is 2. The zero-order chi connectivity index (χ0) is 26.3. The molecule has 186 valence electrons. The maximum absolute atomic E-state index is 15.2. The third-order valence-electron chi connectivity index (χ3n) is 5.99. The molecule has 3 heterocycles. The number of aryl methyl sites for hydroxylation is 1. The molecule has 7 nitrogen and oxygen atoms in total. The van der Waals surface area contributed by atoms with E-state index in [1.807, 2.05) is 26.0 Å². The highest BCUT2D eigenvalue weighted by molar-refractivity contribution is 6.35. The maximum Gasteiger partial charge on any atom is 0.248 e. The number of carbonyl (C=O) groups excluding carboxylic acids is 1. The molecule has 0 saturated carbocycles. The average molecular weight is 536 g/mol. The molecule has 3 N–H and O–H groups in total. The average Bonchev–Trinajstić information content (AvgIpc) is 3.26. The van der Waals surface area contributed by atoms with E-state index in [1.165, 1.54) is 30.7 Å². The van der Waals surface area contributed by atoms with E-state index >= 15 is 4.39 Å². The summed E-state index contributed by atoms with van der Waals surface area (Å²) in [5.41, 5.74) is 9.41. The molecule has 0 radical (unpaired) electrons. The molecule has 0 spiro atoms. The molecule has 2 aromatic carbocycles. The number of nitrogens with one attached hydrogen (secondary N) is 1. The van der Waals surface area contributed by atoms with Crippen molar-refractivity contribution in [1.82, 2.24) is 20.2 Å². The number of aromatic nitrogens is 4. The highest BCUT2D eigenvalue weighted by atomic mass is 35.5. The number of nitrogens with zero attached hydrogens (tertiary/aromatic N) is 3. The molecule has 0 fully saturated rings. The second-order valence-corrected chi connectivity index (χ2v) is 9.33. The lowest BCUT2D eigenvalue weighted by Crippen LogP contribution is -2.10. The number of hydrogen-bond donors (Lipinski definition) is 2. The number of amides is 1. The van der Waals surface area contributed by atoms with Crippen LogP contribution in [-0.2, 0) is 0 Å². The van der Waals surface area contributed by atoms with Gasteiger partial charge in [0.1, 0.15) is 29.1 Å². The van der Waals surface area contributed by atoms with E-state index in [9.17, 15) is 4.79 Å². The van der Waals surface area contributed by atoms with E-state index in [1.54, 1.807) is 18.2 Å². The zero-order valence-corrected chi connectivity index (χ0v) is 21.2. The van der Waals surface area contributed by atoms with Gasteiger partial charge in [-0.1, -0.05) is 35.3 Å². The van der Waals surface area contributed by atoms with Crippen molar-refractivity contribution in [2.24, 2.45) is 5.73 Å². The van der Waals surface area contributed by atoms with Crippen molar-refractivity contribution in [2.75, 3.05) is 0 Å². The van der Waals surface area contributed by atoms with Crippen molar-refractivity contribution in [3.05, 3.63) is 93.6 Å². The van der Waals surface area contributed by atoms with Gasteiger partial charge in [0.2, 0.25) is 5.91 Å². The van der Waals surface area contributed by atoms with Gasteiger partial charge in [0.05, 0.1) is 15.6 Å². The van der Waals surface area contributed by atoms with E-state index in [0.717, 1.165) is 16.5 Å². The van der Waals surface area contributed by atoms with Crippen LogP contribution in [0, 0.1) is 12.7 Å². The first-order valence-electron chi connectivity index (χ1n) is 11.2. The number of carbonyl (C=O) groups is 1. The van der Waals surface area contributed by atoms with Crippen LogP contribution in [0.3, 0.4) is 0 Å². The summed E-state index contributed by atoms with van der Waals surface area (Å²) in [6, 6.07) is 11.5. The van der Waals surface area contributed by atoms with Crippen LogP contribution in [-0.4, -0.2) is 26.1 Å². The number of hydrogen-bond acceptors (Lipinski definition) is 5. The third kappa shape index (κ3) is 4.73. The van der Waals surface area contributed by atoms with E-state index in [4.69, 9.17) is 33.7 Å². The van der Waals surface area contributed by atoms with Gasteiger partial charge in [0.25, 0.3) is 0 Å². The van der Waals surface area contributed by atoms with Gasteiger partial charge in [-0.05, 0) is 49.7 Å². The van der Waals surface area contributed by atoms with Gasteiger partial charge in [-0.25, -0.2) is 4.39 Å². The Hall–Kier alpha value is -4.01. The summed E-state index contributed by atoms with van der Waals surface area (Å²) in [6.45, 7) is 3.76. The number of rotatable bonds is 6. The predicted molar refractivity (Wildman–Crippen MR) is 141 cm³/mol. The molecule has 0 saturated heterocycles. The number of fused-ring (bicyclic) bond motifs is 1. The molecule has 5 rings (SSSR count). The van der Waals surface area contributed by atoms with Crippen LogP contribution < -0.4 is 10.5 Å². The molecular formula is C27H20Cl2FN5O2. The molecule has 0 unspecified atom stereocenters. The van der Waals surface area contributed by atoms with Crippen molar-refractivity contribution in [3.63, 3.8) is 0 Å². The number of ether oxygens (including phenoxy) is 1. The number of benzene rings is 2. The summed E-state index contributed by atoms with van der Waals surface area (Å²) in [5, 5.41) is 8.92. The van der Waals surface area contributed by atoms with Crippen LogP contribution in [0.25, 0.3) is 33.4 Å². The summed E-state index contributed by atoms with van der Waals surface area (Å²) >= 11 is 12.6. The smallest absolute Gasteiger partial charge is 0.248 e. The normalized spacial score (nSPS) is 12.0. The Balaban J connectivity index is 1.51. The molecular weight excluding hydrogens is 516 g/mol. The van der Waals surface area contributed by atoms with Crippen molar-refractivity contribution in [2.45, 2.75) is 20.0 Å². The summed E-state index contributed by atoms with van der Waals surface area (Å²) in [5.74, 6) is -0.563. The van der Waals surface area contributed by atoms with Crippen molar-refractivity contribution >= 4 is 40.0 Å². The Morgan fingerprint density at radius 2 is 1.81 bits per heavy atom. The molecule has 3 aromatic heterocycles. The van der Waals surface area contributed by atoms with Crippen LogP contribution >= 0.6 is 23.2 Å². The summed E-state index contributed by atoms with van der Waals surface area (Å²) < 4.78 is 21.4. The fourth-order valence-electron chi connectivity index (χ4n) is 4.16. The Morgan fingerprint density at radius 1 is 1.05 bits per heavy atom. The van der Waals surface area contributed by atoms with Crippen LogP contribution in [0.4, 0.5) is 4.39 Å². The summed E-state index contributed by atoms with van der Waals surface area (Å²) in [4.78, 5) is 19.8. The molecule has 0 aliphatic carbocycles. The van der Waals surface area contributed by atoms with E-state index in [2.05, 4.69) is 20.2 Å². The van der Waals surface area contributed by atoms with E-state index in [0.29, 0.717) is 38.2 Å². The summed E-state index contributed by atoms with van der Waals surface area (Å²) in [6.07, 6.45) is 4.11. The Bertz CT molecular complexity index is 1650. The molecule has 1 atom stereocenters. The first-order chi connectivity index (χ1) is 17.7. The Morgan fingerprint density at radius 3 is 2.51 bits per heavy atom. The lowest BCUT2D eigenvalue weighted by molar-refractivity contribution is 0.100. The van der Waals surface area contributed by atoms with Crippen molar-refractivity contribution in [1.29, 1.82) is 0 Å².